The first-order chi connectivity index (χ1) is 16.8. The van der Waals surface area contributed by atoms with Crippen LogP contribution in [0.15, 0.2) is 40.2 Å². The van der Waals surface area contributed by atoms with Crippen LogP contribution >= 0.6 is 22.9 Å². The fourth-order valence-corrected chi connectivity index (χ4v) is 4.51. The van der Waals surface area contributed by atoms with Gasteiger partial charge in [-0.1, -0.05) is 29.5 Å². The molecular formula is C20H20N8O5S2. The van der Waals surface area contributed by atoms with Gasteiger partial charge >= 0.3 is 0 Å². The summed E-state index contributed by atoms with van der Waals surface area (Å²) in [5.41, 5.74) is 5.95. The zero-order chi connectivity index (χ0) is 25.1. The minimum atomic E-state index is -1.50. The fraction of sp³-hybridized carbons (Fsp3) is 0.200. The van der Waals surface area contributed by atoms with Crippen molar-refractivity contribution in [2.24, 2.45) is 10.7 Å². The summed E-state index contributed by atoms with van der Waals surface area (Å²) in [4.78, 5) is 41.7. The van der Waals surface area contributed by atoms with Gasteiger partial charge < -0.3 is 26.0 Å². The lowest BCUT2D eigenvalue weighted by Gasteiger charge is -2.09. The number of amidine groups is 1. The SMILES string of the molecule is COc1nc(Nc2s[nH]c(=O)c2/C(N)=N/C(O)C(C)O)sc1C(=O)Nc1ncc2ccccc2n1. The number of hydrogen-bond donors (Lipinski definition) is 6. The smallest absolute Gasteiger partial charge is 0.273 e. The molecule has 4 rings (SSSR count). The van der Waals surface area contributed by atoms with Crippen molar-refractivity contribution >= 4 is 61.6 Å². The maximum atomic E-state index is 12.9. The lowest BCUT2D eigenvalue weighted by molar-refractivity contribution is 0.0376. The minimum absolute atomic E-state index is 0.0422. The van der Waals surface area contributed by atoms with Gasteiger partial charge in [0.15, 0.2) is 16.2 Å². The highest BCUT2D eigenvalue weighted by Gasteiger charge is 2.23. The Morgan fingerprint density at radius 3 is 2.80 bits per heavy atom. The number of aliphatic imine (C=N–C) groups is 1. The molecule has 0 bridgehead atoms. The summed E-state index contributed by atoms with van der Waals surface area (Å²) < 4.78 is 7.75. The second-order valence-electron chi connectivity index (χ2n) is 7.09. The Bertz CT molecular complexity index is 1460. The second kappa shape index (κ2) is 10.1. The Kier molecular flexibility index (Phi) is 7.02. The normalized spacial score (nSPS) is 13.4. The molecule has 1 amide bonds. The molecule has 2 atom stereocenters. The highest BCUT2D eigenvalue weighted by atomic mass is 32.1. The molecule has 0 spiro atoms. The summed E-state index contributed by atoms with van der Waals surface area (Å²) >= 11 is 1.89. The predicted octanol–water partition coefficient (Wildman–Crippen LogP) is 1.25. The third-order valence-electron chi connectivity index (χ3n) is 4.59. The molecule has 7 N–H and O–H groups in total. The molecule has 3 heterocycles. The number of thiazole rings is 1. The van der Waals surface area contributed by atoms with Crippen LogP contribution in [0.2, 0.25) is 0 Å². The Balaban J connectivity index is 1.58. The van der Waals surface area contributed by atoms with E-state index in [0.29, 0.717) is 5.52 Å². The summed E-state index contributed by atoms with van der Waals surface area (Å²) in [5.74, 6) is -0.651. The number of nitrogens with two attached hydrogens (primary N) is 1. The van der Waals surface area contributed by atoms with Crippen molar-refractivity contribution in [2.45, 2.75) is 19.3 Å². The lowest BCUT2D eigenvalue weighted by Crippen LogP contribution is -2.28. The number of ether oxygens (including phenoxy) is 1. The number of fused-ring (bicyclic) bond motifs is 1. The second-order valence-corrected chi connectivity index (χ2v) is 8.91. The minimum Gasteiger partial charge on any atom is -0.480 e. The number of anilines is 3. The van der Waals surface area contributed by atoms with Crippen molar-refractivity contribution in [1.82, 2.24) is 19.3 Å². The molecule has 0 saturated carbocycles. The van der Waals surface area contributed by atoms with Gasteiger partial charge in [-0.2, -0.15) is 4.98 Å². The average Bonchev–Trinajstić information content (AvgIpc) is 3.42. The zero-order valence-corrected chi connectivity index (χ0v) is 20.0. The van der Waals surface area contributed by atoms with E-state index in [1.54, 1.807) is 12.3 Å². The van der Waals surface area contributed by atoms with Gasteiger partial charge in [-0.15, -0.1) is 0 Å². The fourth-order valence-electron chi connectivity index (χ4n) is 2.87. The van der Waals surface area contributed by atoms with Gasteiger partial charge in [0.25, 0.3) is 11.5 Å². The number of aliphatic hydroxyl groups excluding tert-OH is 2. The molecule has 13 nitrogen and oxygen atoms in total. The van der Waals surface area contributed by atoms with E-state index in [-0.39, 0.29) is 38.2 Å². The Hall–Kier alpha value is -3.92. The molecule has 0 saturated heterocycles. The van der Waals surface area contributed by atoms with Crippen LogP contribution in [-0.2, 0) is 0 Å². The molecule has 4 aromatic rings. The third kappa shape index (κ3) is 5.27. The van der Waals surface area contributed by atoms with Gasteiger partial charge in [-0.05, 0) is 24.5 Å². The largest absolute Gasteiger partial charge is 0.480 e. The van der Waals surface area contributed by atoms with E-state index in [1.807, 2.05) is 18.2 Å². The predicted molar refractivity (Wildman–Crippen MR) is 133 cm³/mol. The number of benzene rings is 1. The summed E-state index contributed by atoms with van der Waals surface area (Å²) in [7, 11) is 1.37. The molecule has 2 unspecified atom stereocenters. The number of aromatic nitrogens is 4. The maximum Gasteiger partial charge on any atom is 0.273 e. The number of carbonyl (C=O) groups excluding carboxylic acids is 1. The number of carbonyl (C=O) groups is 1. The number of hydrogen-bond acceptors (Lipinski definition) is 12. The molecule has 35 heavy (non-hydrogen) atoms. The molecule has 0 aliphatic heterocycles. The van der Waals surface area contributed by atoms with Gasteiger partial charge in [-0.25, -0.2) is 15.0 Å². The number of para-hydroxylation sites is 1. The van der Waals surface area contributed by atoms with Crippen LogP contribution in [0.1, 0.15) is 22.2 Å². The van der Waals surface area contributed by atoms with E-state index in [2.05, 4.69) is 35.0 Å². The molecule has 0 radical (unpaired) electrons. The maximum absolute atomic E-state index is 12.9. The molecule has 15 heteroatoms. The van der Waals surface area contributed by atoms with Gasteiger partial charge in [0, 0.05) is 11.6 Å². The van der Waals surface area contributed by atoms with Gasteiger partial charge in [-0.3, -0.25) is 19.3 Å². The molecule has 3 aromatic heterocycles. The standard InChI is InChI=1S/C20H20N8O5S2/c1-8(29)14(30)24-13(21)11-15(31)28-35-18(11)27-20-26-17(33-2)12(34-20)16(32)25-19-22-7-9-5-3-4-6-10(9)23-19/h3-8,14,29-30H,1-2H3,(H2,21,24)(H,26,27)(H,28,31)(H,22,23,25,32). The summed E-state index contributed by atoms with van der Waals surface area (Å²) in [6, 6.07) is 7.35. The first kappa shape index (κ1) is 24.2. The number of nitrogens with zero attached hydrogens (tertiary/aromatic N) is 4. The van der Waals surface area contributed by atoms with E-state index in [4.69, 9.17) is 10.5 Å². The number of rotatable bonds is 8. The van der Waals surface area contributed by atoms with Crippen LogP contribution < -0.4 is 26.7 Å². The number of aliphatic hydroxyl groups is 2. The van der Waals surface area contributed by atoms with Crippen molar-refractivity contribution in [3.8, 4) is 5.88 Å². The summed E-state index contributed by atoms with van der Waals surface area (Å²) in [6.07, 6.45) is -1.08. The van der Waals surface area contributed by atoms with E-state index in [9.17, 15) is 19.8 Å². The third-order valence-corrected chi connectivity index (χ3v) is 6.34. The van der Waals surface area contributed by atoms with Crippen LogP contribution in [0, 0.1) is 0 Å². The van der Waals surface area contributed by atoms with Crippen LogP contribution in [0.25, 0.3) is 10.9 Å². The first-order valence-corrected chi connectivity index (χ1v) is 11.7. The molecule has 0 aliphatic rings. The summed E-state index contributed by atoms with van der Waals surface area (Å²) in [6.45, 7) is 1.33. The van der Waals surface area contributed by atoms with Crippen LogP contribution in [0.3, 0.4) is 0 Å². The molecule has 182 valence electrons. The van der Waals surface area contributed by atoms with E-state index < -0.39 is 23.8 Å². The first-order valence-electron chi connectivity index (χ1n) is 10.0. The van der Waals surface area contributed by atoms with E-state index >= 15 is 0 Å². The monoisotopic (exact) mass is 516 g/mol. The number of nitrogens with one attached hydrogen (secondary N) is 3. The Morgan fingerprint density at radius 1 is 1.29 bits per heavy atom. The van der Waals surface area contributed by atoms with Gasteiger partial charge in [0.05, 0.1) is 18.7 Å². The van der Waals surface area contributed by atoms with Crippen molar-refractivity contribution in [1.29, 1.82) is 0 Å². The summed E-state index contributed by atoms with van der Waals surface area (Å²) in [5, 5.41) is 26.0. The van der Waals surface area contributed by atoms with Crippen LogP contribution in [-0.4, -0.2) is 60.7 Å². The van der Waals surface area contributed by atoms with Crippen molar-refractivity contribution < 1.29 is 19.7 Å². The highest BCUT2D eigenvalue weighted by molar-refractivity contribution is 7.18. The molecular weight excluding hydrogens is 496 g/mol. The van der Waals surface area contributed by atoms with E-state index in [0.717, 1.165) is 28.3 Å². The Labute approximate surface area is 205 Å². The quantitative estimate of drug-likeness (QED) is 0.146. The van der Waals surface area contributed by atoms with Gasteiger partial charge in [0.1, 0.15) is 16.4 Å². The molecule has 1 aromatic carbocycles. The Morgan fingerprint density at radius 2 is 2.06 bits per heavy atom. The van der Waals surface area contributed by atoms with Crippen molar-refractivity contribution in [3.63, 3.8) is 0 Å². The number of aromatic amines is 1. The van der Waals surface area contributed by atoms with E-state index in [1.165, 1.54) is 14.0 Å². The topological polar surface area (TPSA) is 201 Å². The zero-order valence-electron chi connectivity index (χ0n) is 18.3. The molecule has 0 fully saturated rings. The van der Waals surface area contributed by atoms with Crippen LogP contribution in [0.5, 0.6) is 5.88 Å². The number of H-pyrrole nitrogens is 1. The highest BCUT2D eigenvalue weighted by Crippen LogP contribution is 2.33. The number of methoxy groups -OCH3 is 1. The van der Waals surface area contributed by atoms with Crippen molar-refractivity contribution in [2.75, 3.05) is 17.7 Å². The van der Waals surface area contributed by atoms with Gasteiger partial charge in [0.2, 0.25) is 11.8 Å². The number of amides is 1. The lowest BCUT2D eigenvalue weighted by atomic mass is 10.2. The van der Waals surface area contributed by atoms with Crippen LogP contribution in [0.4, 0.5) is 16.1 Å². The molecule has 0 aliphatic carbocycles. The average molecular weight is 517 g/mol. The van der Waals surface area contributed by atoms with Crippen molar-refractivity contribution in [3.05, 3.63) is 51.3 Å².